The highest BCUT2D eigenvalue weighted by Crippen LogP contribution is 2.28. The largest absolute Gasteiger partial charge is 0.481 e. The van der Waals surface area contributed by atoms with Gasteiger partial charge in [-0.15, -0.1) is 0 Å². The normalized spacial score (nSPS) is 11.9. The number of rotatable bonds is 14. The van der Waals surface area contributed by atoms with Gasteiger partial charge in [0.05, 0.1) is 6.42 Å². The second-order valence-corrected chi connectivity index (χ2v) is 8.55. The summed E-state index contributed by atoms with van der Waals surface area (Å²) in [6, 6.07) is 6.99. The summed E-state index contributed by atoms with van der Waals surface area (Å²) in [7, 11) is 0. The lowest BCUT2D eigenvalue weighted by Gasteiger charge is -2.21. The lowest BCUT2D eigenvalue weighted by Crippen LogP contribution is -2.27. The monoisotopic (exact) mass is 452 g/mol. The van der Waals surface area contributed by atoms with Crippen molar-refractivity contribution in [2.24, 2.45) is 0 Å². The van der Waals surface area contributed by atoms with Gasteiger partial charge in [-0.3, -0.25) is 9.59 Å². The van der Waals surface area contributed by atoms with Crippen molar-refractivity contribution >= 4 is 34.8 Å². The molecule has 174 valence electrons. The van der Waals surface area contributed by atoms with Gasteiger partial charge < -0.3 is 19.5 Å². The zero-order valence-corrected chi connectivity index (χ0v) is 19.7. The number of benzene rings is 1. The molecule has 1 heterocycles. The highest BCUT2D eigenvalue weighted by molar-refractivity contribution is 8.00. The van der Waals surface area contributed by atoms with Crippen LogP contribution in [0.25, 0.3) is 11.1 Å². The van der Waals surface area contributed by atoms with E-state index in [1.54, 1.807) is 24.3 Å². The van der Waals surface area contributed by atoms with E-state index in [0.717, 1.165) is 11.8 Å². The Morgan fingerprint density at radius 2 is 1.55 bits per heavy atom. The Balaban J connectivity index is 0.000000330. The van der Waals surface area contributed by atoms with Crippen molar-refractivity contribution in [3.63, 3.8) is 0 Å². The molecule has 0 amide bonds. The van der Waals surface area contributed by atoms with Crippen molar-refractivity contribution in [1.29, 1.82) is 0 Å². The molecule has 1 atom stereocenters. The van der Waals surface area contributed by atoms with E-state index in [-0.39, 0.29) is 5.22 Å². The number of carboxylic acids is 2. The van der Waals surface area contributed by atoms with Crippen LogP contribution in [-0.4, -0.2) is 56.9 Å². The molecule has 0 saturated carbocycles. The number of carboxylic acid groups (broad SMARTS) is 2. The Bertz CT molecular complexity index is 728. The number of oxazole rings is 1. The fourth-order valence-corrected chi connectivity index (χ4v) is 3.70. The molecule has 2 rings (SSSR count). The van der Waals surface area contributed by atoms with Crippen LogP contribution in [0.4, 0.5) is 0 Å². The summed E-state index contributed by atoms with van der Waals surface area (Å²) in [6.45, 7) is 10.8. The summed E-state index contributed by atoms with van der Waals surface area (Å²) in [5, 5.41) is 16.6. The average Bonchev–Trinajstić information content (AvgIpc) is 3.15. The zero-order chi connectivity index (χ0) is 23.1. The van der Waals surface area contributed by atoms with Crippen LogP contribution in [0, 0.1) is 0 Å². The Morgan fingerprint density at radius 1 is 1.00 bits per heavy atom. The molecule has 1 unspecified atom stereocenters. The third-order valence-electron chi connectivity index (χ3n) is 4.64. The van der Waals surface area contributed by atoms with Gasteiger partial charge in [-0.2, -0.15) is 0 Å². The van der Waals surface area contributed by atoms with Crippen LogP contribution < -0.4 is 0 Å². The standard InChI is InChI=1S/C12H27N.C11H9NO5S/c1-4-7-10-13(11-8-5-2)12-9-6-3;13-9(14)5-8(10(15)16)18-11-12-6-3-1-2-4-7(6)17-11/h4-12H2,1-3H3;1-4,8H,5H2,(H,13,14)(H,15,16). The van der Waals surface area contributed by atoms with Crippen molar-refractivity contribution < 1.29 is 24.2 Å². The number of hydrogen-bond donors (Lipinski definition) is 2. The van der Waals surface area contributed by atoms with Crippen LogP contribution in [0.1, 0.15) is 65.7 Å². The molecule has 0 fully saturated rings. The molecule has 8 heteroatoms. The molecule has 0 bridgehead atoms. The maximum atomic E-state index is 10.9. The number of unbranched alkanes of at least 4 members (excludes halogenated alkanes) is 3. The third-order valence-corrected chi connectivity index (χ3v) is 5.67. The minimum atomic E-state index is -1.20. The van der Waals surface area contributed by atoms with Crippen LogP contribution >= 0.6 is 11.8 Å². The predicted molar refractivity (Wildman–Crippen MR) is 125 cm³/mol. The molecule has 0 saturated heterocycles. The first-order chi connectivity index (χ1) is 14.9. The molecule has 0 spiro atoms. The summed E-state index contributed by atoms with van der Waals surface area (Å²) in [4.78, 5) is 28.2. The Hall–Kier alpha value is -2.06. The smallest absolute Gasteiger partial charge is 0.317 e. The van der Waals surface area contributed by atoms with E-state index in [9.17, 15) is 9.59 Å². The van der Waals surface area contributed by atoms with Gasteiger partial charge in [0.2, 0.25) is 0 Å². The Labute approximate surface area is 189 Å². The van der Waals surface area contributed by atoms with E-state index in [0.29, 0.717) is 11.1 Å². The number of nitrogens with zero attached hydrogens (tertiary/aromatic N) is 2. The first kappa shape index (κ1) is 27.0. The molecule has 2 N–H and O–H groups in total. The summed E-state index contributed by atoms with van der Waals surface area (Å²) >= 11 is 0.793. The average molecular weight is 453 g/mol. The topological polar surface area (TPSA) is 104 Å². The first-order valence-electron chi connectivity index (χ1n) is 11.1. The lowest BCUT2D eigenvalue weighted by molar-refractivity contribution is -0.142. The molecule has 31 heavy (non-hydrogen) atoms. The molecular weight excluding hydrogens is 416 g/mol. The van der Waals surface area contributed by atoms with Crippen LogP contribution in [0.3, 0.4) is 0 Å². The molecule has 0 aliphatic heterocycles. The highest BCUT2D eigenvalue weighted by atomic mass is 32.2. The molecule has 7 nitrogen and oxygen atoms in total. The fourth-order valence-electron chi connectivity index (χ4n) is 2.84. The van der Waals surface area contributed by atoms with Gasteiger partial charge in [0, 0.05) is 0 Å². The Kier molecular flexibility index (Phi) is 13.7. The molecule has 2 aromatic rings. The van der Waals surface area contributed by atoms with E-state index in [4.69, 9.17) is 14.6 Å². The first-order valence-corrected chi connectivity index (χ1v) is 12.0. The van der Waals surface area contributed by atoms with E-state index < -0.39 is 23.6 Å². The van der Waals surface area contributed by atoms with Crippen molar-refractivity contribution in [2.45, 2.75) is 76.2 Å². The van der Waals surface area contributed by atoms with Gasteiger partial charge in [0.1, 0.15) is 10.8 Å². The molecular formula is C23H36N2O5S. The summed E-state index contributed by atoms with van der Waals surface area (Å²) < 4.78 is 5.33. The van der Waals surface area contributed by atoms with Crippen LogP contribution in [0.5, 0.6) is 0 Å². The van der Waals surface area contributed by atoms with E-state index in [1.165, 1.54) is 58.2 Å². The molecule has 0 radical (unpaired) electrons. The Morgan fingerprint density at radius 3 is 2.00 bits per heavy atom. The number of carbonyl (C=O) groups is 2. The van der Waals surface area contributed by atoms with Crippen LogP contribution in [0.2, 0.25) is 0 Å². The SMILES string of the molecule is CCCCN(CCCC)CCCC.O=C(O)CC(Sc1nc2ccccc2o1)C(=O)O. The van der Waals surface area contributed by atoms with Gasteiger partial charge in [-0.05, 0) is 51.0 Å². The third kappa shape index (κ3) is 11.2. The van der Waals surface area contributed by atoms with E-state index >= 15 is 0 Å². The number of aliphatic carboxylic acids is 2. The van der Waals surface area contributed by atoms with Crippen molar-refractivity contribution in [3.05, 3.63) is 24.3 Å². The van der Waals surface area contributed by atoms with E-state index in [2.05, 4.69) is 30.7 Å². The minimum Gasteiger partial charge on any atom is -0.481 e. The lowest BCUT2D eigenvalue weighted by atomic mass is 10.2. The summed E-state index contributed by atoms with van der Waals surface area (Å²) in [5.74, 6) is -2.38. The number of aromatic nitrogens is 1. The second-order valence-electron chi connectivity index (χ2n) is 7.39. The van der Waals surface area contributed by atoms with Crippen molar-refractivity contribution in [2.75, 3.05) is 19.6 Å². The number of thioether (sulfide) groups is 1. The van der Waals surface area contributed by atoms with E-state index in [1.807, 2.05) is 0 Å². The van der Waals surface area contributed by atoms with Gasteiger partial charge in [-0.1, -0.05) is 63.9 Å². The number of fused-ring (bicyclic) bond motifs is 1. The van der Waals surface area contributed by atoms with Crippen molar-refractivity contribution in [3.8, 4) is 0 Å². The number of hydrogen-bond acceptors (Lipinski definition) is 6. The number of para-hydroxylation sites is 2. The quantitative estimate of drug-likeness (QED) is 0.360. The van der Waals surface area contributed by atoms with Gasteiger partial charge >= 0.3 is 11.9 Å². The molecule has 1 aromatic heterocycles. The van der Waals surface area contributed by atoms with Crippen molar-refractivity contribution in [1.82, 2.24) is 9.88 Å². The predicted octanol–water partition coefficient (Wildman–Crippen LogP) is 5.54. The molecule has 0 aliphatic rings. The van der Waals surface area contributed by atoms with Gasteiger partial charge in [0.25, 0.3) is 5.22 Å². The molecule has 1 aromatic carbocycles. The van der Waals surface area contributed by atoms with Crippen LogP contribution in [-0.2, 0) is 9.59 Å². The van der Waals surface area contributed by atoms with Crippen LogP contribution in [0.15, 0.2) is 33.9 Å². The summed E-state index contributed by atoms with van der Waals surface area (Å²) in [6.07, 6.45) is 7.60. The highest BCUT2D eigenvalue weighted by Gasteiger charge is 2.24. The maximum absolute atomic E-state index is 10.9. The van der Waals surface area contributed by atoms with Gasteiger partial charge in [0.15, 0.2) is 5.58 Å². The summed E-state index contributed by atoms with van der Waals surface area (Å²) in [5.41, 5.74) is 1.15. The molecule has 0 aliphatic carbocycles. The fraction of sp³-hybridized carbons (Fsp3) is 0.609. The minimum absolute atomic E-state index is 0.157. The zero-order valence-electron chi connectivity index (χ0n) is 18.9. The maximum Gasteiger partial charge on any atom is 0.317 e. The second kappa shape index (κ2) is 15.7. The van der Waals surface area contributed by atoms with Gasteiger partial charge in [-0.25, -0.2) is 4.98 Å².